The molecule has 0 aliphatic heterocycles. The van der Waals surface area contributed by atoms with Crippen LogP contribution < -0.4 is 10.7 Å². The van der Waals surface area contributed by atoms with Crippen LogP contribution in [0.2, 0.25) is 10.0 Å². The maximum Gasteiger partial charge on any atom is 0.329 e. The van der Waals surface area contributed by atoms with Gasteiger partial charge < -0.3 is 9.73 Å². The standard InChI is InChI=1S/C18H17Cl2N3O3/c19-14-7-5-11(9-15(14)20)16-8-6-13(26-16)10-21-23-18(25)17(24)22-12-3-1-2-4-12/h5-10,12H,1-4H2,(H,22,24)(H,23,25)/b21-10+. The highest BCUT2D eigenvalue weighted by molar-refractivity contribution is 6.42. The van der Waals surface area contributed by atoms with Gasteiger partial charge >= 0.3 is 11.8 Å². The number of hydrogen-bond acceptors (Lipinski definition) is 4. The minimum absolute atomic E-state index is 0.0797. The second-order valence-corrected chi connectivity index (χ2v) is 6.80. The Morgan fingerprint density at radius 3 is 2.58 bits per heavy atom. The summed E-state index contributed by atoms with van der Waals surface area (Å²) < 4.78 is 5.61. The lowest BCUT2D eigenvalue weighted by Gasteiger charge is -2.09. The topological polar surface area (TPSA) is 83.7 Å². The van der Waals surface area contributed by atoms with Gasteiger partial charge in [-0.3, -0.25) is 9.59 Å². The molecule has 1 aromatic carbocycles. The van der Waals surface area contributed by atoms with E-state index in [2.05, 4.69) is 15.8 Å². The zero-order valence-electron chi connectivity index (χ0n) is 13.8. The summed E-state index contributed by atoms with van der Waals surface area (Å²) in [6, 6.07) is 8.67. The van der Waals surface area contributed by atoms with Crippen molar-refractivity contribution in [3.05, 3.63) is 46.1 Å². The molecule has 1 aliphatic carbocycles. The van der Waals surface area contributed by atoms with Crippen molar-refractivity contribution >= 4 is 41.2 Å². The van der Waals surface area contributed by atoms with Gasteiger partial charge in [-0.2, -0.15) is 5.10 Å². The molecule has 0 atom stereocenters. The van der Waals surface area contributed by atoms with Gasteiger partial charge in [0.2, 0.25) is 0 Å². The lowest BCUT2D eigenvalue weighted by molar-refractivity contribution is -0.139. The molecular weight excluding hydrogens is 377 g/mol. The molecule has 0 bridgehead atoms. The third-order valence-electron chi connectivity index (χ3n) is 4.09. The highest BCUT2D eigenvalue weighted by atomic mass is 35.5. The molecule has 3 rings (SSSR count). The van der Waals surface area contributed by atoms with Crippen LogP contribution in [0.3, 0.4) is 0 Å². The Kier molecular flexibility index (Phi) is 5.96. The molecule has 1 aliphatic rings. The highest BCUT2D eigenvalue weighted by Crippen LogP contribution is 2.29. The van der Waals surface area contributed by atoms with E-state index >= 15 is 0 Å². The molecule has 1 aromatic heterocycles. The molecule has 0 saturated heterocycles. The van der Waals surface area contributed by atoms with E-state index in [4.69, 9.17) is 27.6 Å². The van der Waals surface area contributed by atoms with E-state index < -0.39 is 11.8 Å². The zero-order valence-corrected chi connectivity index (χ0v) is 15.3. The number of benzene rings is 1. The number of carbonyl (C=O) groups excluding carboxylic acids is 2. The van der Waals surface area contributed by atoms with Crippen molar-refractivity contribution < 1.29 is 14.0 Å². The summed E-state index contributed by atoms with van der Waals surface area (Å²) in [6.45, 7) is 0. The SMILES string of the molecule is O=C(N/N=C/c1ccc(-c2ccc(Cl)c(Cl)c2)o1)C(=O)NC1CCCC1. The van der Waals surface area contributed by atoms with Crippen LogP contribution in [-0.4, -0.2) is 24.1 Å². The maximum absolute atomic E-state index is 11.7. The summed E-state index contributed by atoms with van der Waals surface area (Å²) in [5.41, 5.74) is 2.95. The van der Waals surface area contributed by atoms with Crippen molar-refractivity contribution in [3.63, 3.8) is 0 Å². The van der Waals surface area contributed by atoms with Gasteiger partial charge in [-0.1, -0.05) is 36.0 Å². The van der Waals surface area contributed by atoms with Crippen molar-refractivity contribution in [1.29, 1.82) is 0 Å². The van der Waals surface area contributed by atoms with E-state index in [9.17, 15) is 9.59 Å². The molecule has 2 N–H and O–H groups in total. The summed E-state index contributed by atoms with van der Waals surface area (Å²) in [4.78, 5) is 23.5. The van der Waals surface area contributed by atoms with Crippen LogP contribution in [0.4, 0.5) is 0 Å². The fourth-order valence-corrected chi connectivity index (χ4v) is 3.05. The molecule has 26 heavy (non-hydrogen) atoms. The Hall–Kier alpha value is -2.31. The fraction of sp³-hybridized carbons (Fsp3) is 0.278. The number of amides is 2. The van der Waals surface area contributed by atoms with Gasteiger partial charge in [0.1, 0.15) is 11.5 Å². The number of carbonyl (C=O) groups is 2. The van der Waals surface area contributed by atoms with E-state index in [1.807, 2.05) is 0 Å². The van der Waals surface area contributed by atoms with E-state index in [1.54, 1.807) is 30.3 Å². The first-order valence-electron chi connectivity index (χ1n) is 8.22. The van der Waals surface area contributed by atoms with Crippen LogP contribution in [0.1, 0.15) is 31.4 Å². The Labute approximate surface area is 160 Å². The predicted octanol–water partition coefficient (Wildman–Crippen LogP) is 3.76. The molecule has 1 fully saturated rings. The van der Waals surface area contributed by atoms with Crippen LogP contribution in [0, 0.1) is 0 Å². The molecule has 0 spiro atoms. The summed E-state index contributed by atoms with van der Waals surface area (Å²) in [7, 11) is 0. The first-order chi connectivity index (χ1) is 12.5. The van der Waals surface area contributed by atoms with E-state index in [0.717, 1.165) is 31.2 Å². The lowest BCUT2D eigenvalue weighted by atomic mass is 10.2. The number of rotatable bonds is 4. The van der Waals surface area contributed by atoms with E-state index in [-0.39, 0.29) is 6.04 Å². The largest absolute Gasteiger partial charge is 0.455 e. The molecule has 136 valence electrons. The van der Waals surface area contributed by atoms with Gasteiger partial charge in [0.25, 0.3) is 0 Å². The minimum atomic E-state index is -0.801. The molecule has 6 nitrogen and oxygen atoms in total. The molecule has 2 aromatic rings. The van der Waals surface area contributed by atoms with Gasteiger partial charge in [-0.15, -0.1) is 0 Å². The third kappa shape index (κ3) is 4.65. The van der Waals surface area contributed by atoms with Crippen LogP contribution >= 0.6 is 23.2 Å². The lowest BCUT2D eigenvalue weighted by Crippen LogP contribution is -2.42. The second kappa shape index (κ2) is 8.38. The average Bonchev–Trinajstić information content (AvgIpc) is 3.29. The Balaban J connectivity index is 1.55. The van der Waals surface area contributed by atoms with Crippen molar-refractivity contribution in [2.24, 2.45) is 5.10 Å². The van der Waals surface area contributed by atoms with Crippen LogP contribution in [0.5, 0.6) is 0 Å². The van der Waals surface area contributed by atoms with Crippen molar-refractivity contribution in [3.8, 4) is 11.3 Å². The molecule has 0 radical (unpaired) electrons. The van der Waals surface area contributed by atoms with Crippen molar-refractivity contribution in [1.82, 2.24) is 10.7 Å². The maximum atomic E-state index is 11.7. The molecular formula is C18H17Cl2N3O3. The van der Waals surface area contributed by atoms with Gasteiger partial charge in [0.15, 0.2) is 0 Å². The van der Waals surface area contributed by atoms with Gasteiger partial charge in [0, 0.05) is 11.6 Å². The Bertz CT molecular complexity index is 842. The second-order valence-electron chi connectivity index (χ2n) is 5.98. The molecule has 0 unspecified atom stereocenters. The predicted molar refractivity (Wildman–Crippen MR) is 100 cm³/mol. The molecule has 1 heterocycles. The quantitative estimate of drug-likeness (QED) is 0.471. The van der Waals surface area contributed by atoms with Gasteiger partial charge in [-0.25, -0.2) is 5.43 Å². The van der Waals surface area contributed by atoms with Crippen LogP contribution in [0.15, 0.2) is 39.9 Å². The van der Waals surface area contributed by atoms with E-state index in [0.29, 0.717) is 21.6 Å². The Morgan fingerprint density at radius 1 is 1.08 bits per heavy atom. The minimum Gasteiger partial charge on any atom is -0.455 e. The van der Waals surface area contributed by atoms with Crippen LogP contribution in [-0.2, 0) is 9.59 Å². The number of hydrazone groups is 1. The molecule has 2 amide bonds. The number of halogens is 2. The monoisotopic (exact) mass is 393 g/mol. The fourth-order valence-electron chi connectivity index (χ4n) is 2.75. The molecule has 1 saturated carbocycles. The number of furan rings is 1. The normalized spacial score (nSPS) is 14.7. The number of nitrogens with one attached hydrogen (secondary N) is 2. The molecule has 8 heteroatoms. The first-order valence-corrected chi connectivity index (χ1v) is 8.97. The van der Waals surface area contributed by atoms with Gasteiger partial charge in [0.05, 0.1) is 16.3 Å². The summed E-state index contributed by atoms with van der Waals surface area (Å²) in [5.74, 6) is -0.479. The number of nitrogens with zero attached hydrogens (tertiary/aromatic N) is 1. The first kappa shape index (κ1) is 18.5. The van der Waals surface area contributed by atoms with Crippen molar-refractivity contribution in [2.45, 2.75) is 31.7 Å². The zero-order chi connectivity index (χ0) is 18.5. The highest BCUT2D eigenvalue weighted by Gasteiger charge is 2.21. The third-order valence-corrected chi connectivity index (χ3v) is 4.82. The van der Waals surface area contributed by atoms with Gasteiger partial charge in [-0.05, 0) is 43.2 Å². The summed E-state index contributed by atoms with van der Waals surface area (Å²) >= 11 is 11.9. The van der Waals surface area contributed by atoms with E-state index in [1.165, 1.54) is 6.21 Å². The summed E-state index contributed by atoms with van der Waals surface area (Å²) in [5, 5.41) is 7.33. The summed E-state index contributed by atoms with van der Waals surface area (Å²) in [6.07, 6.45) is 5.29. The Morgan fingerprint density at radius 2 is 1.85 bits per heavy atom. The van der Waals surface area contributed by atoms with Crippen molar-refractivity contribution in [2.75, 3.05) is 0 Å². The smallest absolute Gasteiger partial charge is 0.329 e. The average molecular weight is 394 g/mol. The van der Waals surface area contributed by atoms with Crippen LogP contribution in [0.25, 0.3) is 11.3 Å². The number of hydrogen-bond donors (Lipinski definition) is 2.